The summed E-state index contributed by atoms with van der Waals surface area (Å²) in [5.74, 6) is -0.549. The zero-order valence-electron chi connectivity index (χ0n) is 14.8. The Balaban J connectivity index is 1.99. The molecule has 0 bridgehead atoms. The molecular weight excluding hydrogens is 308 g/mol. The zero-order valence-corrected chi connectivity index (χ0v) is 14.8. The van der Waals surface area contributed by atoms with Crippen LogP contribution < -0.4 is 10.1 Å². The number of amides is 2. The Labute approximate surface area is 142 Å². The molecule has 6 nitrogen and oxygen atoms in total. The van der Waals surface area contributed by atoms with Crippen LogP contribution in [0.1, 0.15) is 38.3 Å². The number of hydrogen-bond acceptors (Lipinski definition) is 3. The van der Waals surface area contributed by atoms with Gasteiger partial charge in [-0.1, -0.05) is 12.1 Å². The minimum Gasteiger partial charge on any atom is -0.488 e. The quantitative estimate of drug-likeness (QED) is 0.887. The summed E-state index contributed by atoms with van der Waals surface area (Å²) in [4.78, 5) is 24.8. The number of aliphatic carboxylic acids is 1. The topological polar surface area (TPSA) is 78.9 Å². The minimum atomic E-state index is -0.843. The average molecular weight is 334 g/mol. The molecule has 6 heteroatoms. The molecule has 1 aliphatic heterocycles. The van der Waals surface area contributed by atoms with E-state index in [1.165, 1.54) is 0 Å². The first-order chi connectivity index (χ1) is 11.2. The van der Waals surface area contributed by atoms with Crippen molar-refractivity contribution in [1.29, 1.82) is 0 Å². The van der Waals surface area contributed by atoms with Crippen molar-refractivity contribution in [3.05, 3.63) is 29.3 Å². The van der Waals surface area contributed by atoms with E-state index >= 15 is 0 Å². The van der Waals surface area contributed by atoms with Crippen LogP contribution >= 0.6 is 0 Å². The lowest BCUT2D eigenvalue weighted by Gasteiger charge is -2.24. The molecule has 1 aromatic carbocycles. The van der Waals surface area contributed by atoms with E-state index in [1.54, 1.807) is 4.90 Å². The van der Waals surface area contributed by atoms with Crippen LogP contribution in [0.15, 0.2) is 18.2 Å². The maximum atomic E-state index is 12.2. The molecule has 0 radical (unpaired) electrons. The van der Waals surface area contributed by atoms with Gasteiger partial charge in [-0.25, -0.2) is 4.79 Å². The largest absolute Gasteiger partial charge is 0.488 e. The summed E-state index contributed by atoms with van der Waals surface area (Å²) < 4.78 is 5.98. The lowest BCUT2D eigenvalue weighted by atomic mass is 10.1. The summed E-state index contributed by atoms with van der Waals surface area (Å²) in [6.07, 6.45) is 0.506. The fourth-order valence-electron chi connectivity index (χ4n) is 2.66. The Morgan fingerprint density at radius 2 is 2.08 bits per heavy atom. The number of carbonyl (C=O) groups is 2. The highest BCUT2D eigenvalue weighted by Crippen LogP contribution is 2.25. The molecule has 24 heavy (non-hydrogen) atoms. The van der Waals surface area contributed by atoms with Crippen molar-refractivity contribution in [3.63, 3.8) is 0 Å². The summed E-state index contributed by atoms with van der Waals surface area (Å²) >= 11 is 0. The minimum absolute atomic E-state index is 0.235. The zero-order chi connectivity index (χ0) is 17.9. The van der Waals surface area contributed by atoms with Gasteiger partial charge in [0.15, 0.2) is 0 Å². The molecule has 2 N–H and O–H groups in total. The monoisotopic (exact) mass is 334 g/mol. The molecule has 0 saturated carbocycles. The first-order valence-electron chi connectivity index (χ1n) is 8.20. The SMILES string of the molecule is Cc1ccc(CNC(=O)N2CCC(C(=O)O)C2)c(OC(C)(C)C)c1. The fraction of sp³-hybridized carbons (Fsp3) is 0.556. The van der Waals surface area contributed by atoms with Crippen molar-refractivity contribution < 1.29 is 19.4 Å². The summed E-state index contributed by atoms with van der Waals surface area (Å²) in [7, 11) is 0. The Bertz CT molecular complexity index is 622. The highest BCUT2D eigenvalue weighted by Gasteiger charge is 2.30. The van der Waals surface area contributed by atoms with Crippen LogP contribution in [0.25, 0.3) is 0 Å². The molecule has 1 atom stereocenters. The van der Waals surface area contributed by atoms with Crippen LogP contribution in [-0.4, -0.2) is 40.7 Å². The van der Waals surface area contributed by atoms with Gasteiger partial charge in [-0.2, -0.15) is 0 Å². The Hall–Kier alpha value is -2.24. The maximum Gasteiger partial charge on any atom is 0.317 e. The van der Waals surface area contributed by atoms with Gasteiger partial charge in [-0.3, -0.25) is 4.79 Å². The van der Waals surface area contributed by atoms with Crippen molar-refractivity contribution >= 4 is 12.0 Å². The number of hydrogen-bond donors (Lipinski definition) is 2. The smallest absolute Gasteiger partial charge is 0.317 e. The van der Waals surface area contributed by atoms with E-state index in [4.69, 9.17) is 9.84 Å². The van der Waals surface area contributed by atoms with E-state index in [2.05, 4.69) is 5.32 Å². The lowest BCUT2D eigenvalue weighted by Crippen LogP contribution is -2.38. The van der Waals surface area contributed by atoms with Crippen molar-refractivity contribution in [2.24, 2.45) is 5.92 Å². The normalized spacial score (nSPS) is 17.7. The third-order valence-electron chi connectivity index (χ3n) is 3.89. The second-order valence-corrected chi connectivity index (χ2v) is 7.25. The Morgan fingerprint density at radius 1 is 1.38 bits per heavy atom. The van der Waals surface area contributed by atoms with Crippen molar-refractivity contribution in [2.45, 2.75) is 46.3 Å². The molecule has 2 amide bonds. The van der Waals surface area contributed by atoms with Crippen LogP contribution in [0.5, 0.6) is 5.75 Å². The molecular formula is C18H26N2O4. The summed E-state index contributed by atoms with van der Waals surface area (Å²) in [6.45, 7) is 9.02. The third-order valence-corrected chi connectivity index (χ3v) is 3.89. The van der Waals surface area contributed by atoms with Gasteiger partial charge in [0, 0.05) is 25.2 Å². The predicted octanol–water partition coefficient (Wildman–Crippen LogP) is 2.79. The Morgan fingerprint density at radius 3 is 2.67 bits per heavy atom. The van der Waals surface area contributed by atoms with Crippen molar-refractivity contribution in [1.82, 2.24) is 10.2 Å². The second-order valence-electron chi connectivity index (χ2n) is 7.25. The number of nitrogens with one attached hydrogen (secondary N) is 1. The molecule has 0 spiro atoms. The van der Waals surface area contributed by atoms with Gasteiger partial charge in [0.1, 0.15) is 11.4 Å². The van der Waals surface area contributed by atoms with Gasteiger partial charge in [0.2, 0.25) is 0 Å². The first kappa shape index (κ1) is 18.1. The second kappa shape index (κ2) is 7.11. The lowest BCUT2D eigenvalue weighted by molar-refractivity contribution is -0.141. The molecule has 1 fully saturated rings. The van der Waals surface area contributed by atoms with E-state index in [9.17, 15) is 9.59 Å². The molecule has 1 unspecified atom stereocenters. The molecule has 0 aliphatic carbocycles. The van der Waals surface area contributed by atoms with Gasteiger partial charge >= 0.3 is 12.0 Å². The van der Waals surface area contributed by atoms with Crippen LogP contribution in [0.4, 0.5) is 4.79 Å². The molecule has 1 heterocycles. The molecule has 1 aromatic rings. The first-order valence-corrected chi connectivity index (χ1v) is 8.20. The highest BCUT2D eigenvalue weighted by molar-refractivity contribution is 5.77. The standard InChI is InChI=1S/C18H26N2O4/c1-12-5-6-13(15(9-12)24-18(2,3)4)10-19-17(23)20-8-7-14(11-20)16(21)22/h5-6,9,14H,7-8,10-11H2,1-4H3,(H,19,23)(H,21,22). The van der Waals surface area contributed by atoms with E-state index in [1.807, 2.05) is 45.9 Å². The molecule has 1 aliphatic rings. The number of ether oxygens (including phenoxy) is 1. The maximum absolute atomic E-state index is 12.2. The highest BCUT2D eigenvalue weighted by atomic mass is 16.5. The summed E-state index contributed by atoms with van der Waals surface area (Å²) in [5, 5.41) is 11.9. The number of rotatable bonds is 4. The van der Waals surface area contributed by atoms with Crippen LogP contribution in [0, 0.1) is 12.8 Å². The van der Waals surface area contributed by atoms with Gasteiger partial charge in [-0.05, 0) is 45.7 Å². The van der Waals surface area contributed by atoms with Gasteiger partial charge in [-0.15, -0.1) is 0 Å². The van der Waals surface area contributed by atoms with Gasteiger partial charge in [0.05, 0.1) is 5.92 Å². The number of likely N-dealkylation sites (tertiary alicyclic amines) is 1. The van der Waals surface area contributed by atoms with Crippen LogP contribution in [0.2, 0.25) is 0 Å². The fourth-order valence-corrected chi connectivity index (χ4v) is 2.66. The molecule has 1 saturated heterocycles. The van der Waals surface area contributed by atoms with E-state index in [0.717, 1.165) is 16.9 Å². The molecule has 2 rings (SSSR count). The number of aryl methyl sites for hydroxylation is 1. The number of benzene rings is 1. The Kier molecular flexibility index (Phi) is 5.36. The number of carbonyl (C=O) groups excluding carboxylic acids is 1. The van der Waals surface area contributed by atoms with Crippen LogP contribution in [-0.2, 0) is 11.3 Å². The van der Waals surface area contributed by atoms with Gasteiger partial charge in [0.25, 0.3) is 0 Å². The van der Waals surface area contributed by atoms with E-state index in [-0.39, 0.29) is 18.2 Å². The third kappa shape index (κ3) is 4.88. The number of carboxylic acid groups (broad SMARTS) is 1. The number of nitrogens with zero attached hydrogens (tertiary/aromatic N) is 1. The summed E-state index contributed by atoms with van der Waals surface area (Å²) in [5.41, 5.74) is 1.67. The average Bonchev–Trinajstić information content (AvgIpc) is 2.94. The van der Waals surface area contributed by atoms with E-state index < -0.39 is 11.9 Å². The van der Waals surface area contributed by atoms with Crippen LogP contribution in [0.3, 0.4) is 0 Å². The van der Waals surface area contributed by atoms with Gasteiger partial charge < -0.3 is 20.1 Å². The van der Waals surface area contributed by atoms with Crippen molar-refractivity contribution in [3.8, 4) is 5.75 Å². The summed E-state index contributed by atoms with van der Waals surface area (Å²) in [6, 6.07) is 5.65. The van der Waals surface area contributed by atoms with Crippen molar-refractivity contribution in [2.75, 3.05) is 13.1 Å². The molecule has 132 valence electrons. The molecule has 0 aromatic heterocycles. The van der Waals surface area contributed by atoms with E-state index in [0.29, 0.717) is 19.5 Å². The number of urea groups is 1. The number of carboxylic acids is 1. The predicted molar refractivity (Wildman–Crippen MR) is 91.1 cm³/mol.